The van der Waals surface area contributed by atoms with Crippen molar-refractivity contribution in [3.05, 3.63) is 82.9 Å². The molecule has 0 spiro atoms. The number of hydrogen-bond donors (Lipinski definition) is 1. The topological polar surface area (TPSA) is 91.0 Å². The van der Waals surface area contributed by atoms with E-state index < -0.39 is 10.0 Å². The molecule has 8 nitrogen and oxygen atoms in total. The molecule has 0 bridgehead atoms. The van der Waals surface area contributed by atoms with Crippen molar-refractivity contribution in [1.82, 2.24) is 19.6 Å². The van der Waals surface area contributed by atoms with Gasteiger partial charge < -0.3 is 4.74 Å². The second-order valence-corrected chi connectivity index (χ2v) is 9.61. The van der Waals surface area contributed by atoms with Gasteiger partial charge in [-0.3, -0.25) is 14.1 Å². The van der Waals surface area contributed by atoms with Gasteiger partial charge in [0, 0.05) is 7.05 Å². The van der Waals surface area contributed by atoms with Gasteiger partial charge in [0.25, 0.3) is 10.0 Å². The number of ether oxygens (including phenoxy) is 1. The molecule has 4 aromatic rings. The van der Waals surface area contributed by atoms with Gasteiger partial charge in [-0.25, -0.2) is 8.42 Å². The van der Waals surface area contributed by atoms with Crippen LogP contribution in [0, 0.1) is 27.7 Å². The third-order valence-corrected chi connectivity index (χ3v) is 7.14. The molecular weight excluding hydrogens is 438 g/mol. The van der Waals surface area contributed by atoms with Crippen molar-refractivity contribution in [3.8, 4) is 11.5 Å². The largest absolute Gasteiger partial charge is 0.457 e. The van der Waals surface area contributed by atoms with Crippen LogP contribution in [0.5, 0.6) is 11.5 Å². The summed E-state index contributed by atoms with van der Waals surface area (Å²) in [4.78, 5) is 0.197. The van der Waals surface area contributed by atoms with Crippen molar-refractivity contribution in [2.24, 2.45) is 7.05 Å². The zero-order valence-electron chi connectivity index (χ0n) is 19.3. The molecule has 0 saturated carbocycles. The van der Waals surface area contributed by atoms with Gasteiger partial charge in [0.1, 0.15) is 16.4 Å². The Bertz CT molecular complexity index is 1410. The van der Waals surface area contributed by atoms with E-state index in [1.807, 2.05) is 61.5 Å². The molecule has 0 fully saturated rings. The maximum atomic E-state index is 13.1. The third-order valence-electron chi connectivity index (χ3n) is 5.54. The van der Waals surface area contributed by atoms with E-state index in [1.54, 1.807) is 37.2 Å². The third kappa shape index (κ3) is 4.63. The Balaban J connectivity index is 1.58. The summed E-state index contributed by atoms with van der Waals surface area (Å²) < 4.78 is 38.3. The van der Waals surface area contributed by atoms with Gasteiger partial charge in [-0.2, -0.15) is 10.2 Å². The highest BCUT2D eigenvalue weighted by Crippen LogP contribution is 2.27. The minimum Gasteiger partial charge on any atom is -0.457 e. The van der Waals surface area contributed by atoms with Gasteiger partial charge in [0.15, 0.2) is 0 Å². The highest BCUT2D eigenvalue weighted by Gasteiger charge is 2.26. The van der Waals surface area contributed by atoms with Crippen LogP contribution in [0.25, 0.3) is 0 Å². The van der Waals surface area contributed by atoms with E-state index in [9.17, 15) is 8.42 Å². The highest BCUT2D eigenvalue weighted by molar-refractivity contribution is 7.92. The molecule has 0 saturated heterocycles. The molecule has 0 aliphatic rings. The Morgan fingerprint density at radius 3 is 2.24 bits per heavy atom. The number of rotatable bonds is 7. The van der Waals surface area contributed by atoms with Gasteiger partial charge in [0.05, 0.1) is 35.0 Å². The summed E-state index contributed by atoms with van der Waals surface area (Å²) in [6.07, 6.45) is 0. The Kier molecular flexibility index (Phi) is 5.99. The van der Waals surface area contributed by atoms with E-state index in [4.69, 9.17) is 4.74 Å². The lowest BCUT2D eigenvalue weighted by Crippen LogP contribution is -2.16. The number of aromatic nitrogens is 4. The van der Waals surface area contributed by atoms with Crippen molar-refractivity contribution >= 4 is 15.7 Å². The average Bonchev–Trinajstić information content (AvgIpc) is 3.17. The minimum atomic E-state index is -3.81. The summed E-state index contributed by atoms with van der Waals surface area (Å²) in [5, 5.41) is 8.80. The van der Waals surface area contributed by atoms with Crippen LogP contribution in [0.3, 0.4) is 0 Å². The van der Waals surface area contributed by atoms with Crippen molar-refractivity contribution in [2.75, 3.05) is 4.72 Å². The molecule has 0 aliphatic carbocycles. The van der Waals surface area contributed by atoms with E-state index in [0.29, 0.717) is 29.3 Å². The molecule has 9 heteroatoms. The van der Waals surface area contributed by atoms with Gasteiger partial charge in [-0.15, -0.1) is 0 Å². The lowest BCUT2D eigenvalue weighted by Gasteiger charge is -2.10. The van der Waals surface area contributed by atoms with E-state index >= 15 is 0 Å². The van der Waals surface area contributed by atoms with Crippen LogP contribution < -0.4 is 9.46 Å². The molecule has 2 heterocycles. The Morgan fingerprint density at radius 1 is 0.879 bits per heavy atom. The normalized spacial score (nSPS) is 11.5. The highest BCUT2D eigenvalue weighted by atomic mass is 32.2. The molecule has 33 heavy (non-hydrogen) atoms. The number of hydrogen-bond acceptors (Lipinski definition) is 5. The number of para-hydroxylation sites is 1. The fourth-order valence-corrected chi connectivity index (χ4v) is 5.45. The van der Waals surface area contributed by atoms with Crippen molar-refractivity contribution < 1.29 is 13.2 Å². The molecule has 2 aromatic carbocycles. The summed E-state index contributed by atoms with van der Waals surface area (Å²) in [5.74, 6) is 1.49. The van der Waals surface area contributed by atoms with Crippen LogP contribution in [0.1, 0.15) is 28.3 Å². The number of anilines is 1. The Morgan fingerprint density at radius 2 is 1.58 bits per heavy atom. The Labute approximate surface area is 193 Å². The molecule has 0 aliphatic heterocycles. The first-order valence-corrected chi connectivity index (χ1v) is 12.0. The Hall–Kier alpha value is -3.59. The lowest BCUT2D eigenvalue weighted by atomic mass is 10.2. The number of nitrogens with one attached hydrogen (secondary N) is 1. The molecular formula is C24H27N5O3S. The van der Waals surface area contributed by atoms with Gasteiger partial charge >= 0.3 is 0 Å². The smallest absolute Gasteiger partial charge is 0.265 e. The fraction of sp³-hybridized carbons (Fsp3) is 0.250. The first-order valence-electron chi connectivity index (χ1n) is 10.5. The van der Waals surface area contributed by atoms with E-state index in [2.05, 4.69) is 14.9 Å². The number of sulfonamides is 1. The first-order chi connectivity index (χ1) is 15.7. The molecule has 0 radical (unpaired) electrons. The lowest BCUT2D eigenvalue weighted by molar-refractivity contribution is 0.481. The second kappa shape index (κ2) is 8.74. The van der Waals surface area contributed by atoms with E-state index in [0.717, 1.165) is 22.8 Å². The molecule has 0 unspecified atom stereocenters. The molecule has 4 rings (SSSR count). The zero-order valence-corrected chi connectivity index (χ0v) is 20.1. The van der Waals surface area contributed by atoms with Gasteiger partial charge in [0.2, 0.25) is 0 Å². The van der Waals surface area contributed by atoms with Crippen molar-refractivity contribution in [2.45, 2.75) is 39.1 Å². The van der Waals surface area contributed by atoms with Gasteiger partial charge in [-0.05, 0) is 57.5 Å². The summed E-state index contributed by atoms with van der Waals surface area (Å²) in [6.45, 7) is 7.55. The molecule has 1 N–H and O–H groups in total. The number of nitrogens with zero attached hydrogens (tertiary/aromatic N) is 4. The van der Waals surface area contributed by atoms with Crippen molar-refractivity contribution in [3.63, 3.8) is 0 Å². The standard InChI is InChI=1S/C24H27N5O3S/c1-16-23(27-33(30,31)24-17(2)25-28(5)19(24)4)18(3)29(26-16)15-20-10-9-13-22(14-20)32-21-11-7-6-8-12-21/h6-14,27H,15H2,1-5H3. The molecule has 0 amide bonds. The average molecular weight is 466 g/mol. The maximum Gasteiger partial charge on any atom is 0.265 e. The predicted molar refractivity (Wildman–Crippen MR) is 127 cm³/mol. The van der Waals surface area contributed by atoms with E-state index in [1.165, 1.54) is 0 Å². The second-order valence-electron chi connectivity index (χ2n) is 8.00. The molecule has 2 aromatic heterocycles. The first kappa shape index (κ1) is 22.6. The predicted octanol–water partition coefficient (Wildman–Crippen LogP) is 4.49. The molecule has 172 valence electrons. The fourth-order valence-electron chi connectivity index (χ4n) is 3.83. The van der Waals surface area contributed by atoms with E-state index in [-0.39, 0.29) is 4.90 Å². The van der Waals surface area contributed by atoms with Crippen LogP contribution in [-0.2, 0) is 23.6 Å². The quantitative estimate of drug-likeness (QED) is 0.434. The van der Waals surface area contributed by atoms with Crippen LogP contribution in [-0.4, -0.2) is 28.0 Å². The zero-order chi connectivity index (χ0) is 23.8. The SMILES string of the molecule is Cc1nn(Cc2cccc(Oc3ccccc3)c2)c(C)c1NS(=O)(=O)c1c(C)nn(C)c1C. The maximum absolute atomic E-state index is 13.1. The van der Waals surface area contributed by atoms with Crippen LogP contribution in [0.4, 0.5) is 5.69 Å². The van der Waals surface area contributed by atoms with Crippen LogP contribution >= 0.6 is 0 Å². The molecule has 0 atom stereocenters. The number of aryl methyl sites for hydroxylation is 3. The van der Waals surface area contributed by atoms with Crippen molar-refractivity contribution in [1.29, 1.82) is 0 Å². The van der Waals surface area contributed by atoms with Gasteiger partial charge in [-0.1, -0.05) is 30.3 Å². The summed E-state index contributed by atoms with van der Waals surface area (Å²) >= 11 is 0. The summed E-state index contributed by atoms with van der Waals surface area (Å²) in [6, 6.07) is 17.4. The van der Waals surface area contributed by atoms with Crippen LogP contribution in [0.2, 0.25) is 0 Å². The van der Waals surface area contributed by atoms with Crippen LogP contribution in [0.15, 0.2) is 59.5 Å². The summed E-state index contributed by atoms with van der Waals surface area (Å²) in [5.41, 5.74) is 3.84. The minimum absolute atomic E-state index is 0.197. The number of benzene rings is 2. The summed E-state index contributed by atoms with van der Waals surface area (Å²) in [7, 11) is -2.08. The monoisotopic (exact) mass is 465 g/mol.